The highest BCUT2D eigenvalue weighted by atomic mass is 127. The molecule has 5 rings (SSSR count). The molecule has 0 unspecified atom stereocenters. The van der Waals surface area contributed by atoms with Crippen LogP contribution in [0.25, 0.3) is 44.3 Å². The van der Waals surface area contributed by atoms with Crippen molar-refractivity contribution in [2.75, 3.05) is 0 Å². The molecule has 1 heterocycles. The lowest BCUT2D eigenvalue weighted by atomic mass is 10.0. The number of fused-ring (bicyclic) bond motifs is 2. The Balaban J connectivity index is 1.76. The van der Waals surface area contributed by atoms with E-state index in [4.69, 9.17) is 4.98 Å². The van der Waals surface area contributed by atoms with Crippen molar-refractivity contribution in [2.45, 2.75) is 0 Å². The molecule has 0 N–H and O–H groups in total. The fourth-order valence-corrected chi connectivity index (χ4v) is 3.89. The normalized spacial score (nSPS) is 11.1. The van der Waals surface area contributed by atoms with Gasteiger partial charge in [-0.15, -0.1) is 0 Å². The van der Waals surface area contributed by atoms with Gasteiger partial charge in [0, 0.05) is 33.7 Å². The third kappa shape index (κ3) is 2.96. The lowest BCUT2D eigenvalue weighted by Crippen LogP contribution is -2.00. The monoisotopic (exact) mass is 459 g/mol. The largest absolute Gasteiger partial charge is 0.208 e. The molecule has 0 radical (unpaired) electrons. The van der Waals surface area contributed by atoms with Crippen LogP contribution in [-0.2, 0) is 0 Å². The maximum absolute atomic E-state index is 4.85. The summed E-state index contributed by atoms with van der Waals surface area (Å²) in [5.74, 6) is 1.41. The van der Waals surface area contributed by atoms with Crippen LogP contribution >= 0.6 is 22.6 Å². The van der Waals surface area contributed by atoms with Crippen molar-refractivity contribution in [3.05, 3.63) is 88.8 Å². The lowest BCUT2D eigenvalue weighted by Gasteiger charge is -2.09. The van der Waals surface area contributed by atoms with Crippen LogP contribution < -0.4 is 0 Å². The highest BCUT2D eigenvalue weighted by Gasteiger charge is 2.13. The highest BCUT2D eigenvalue weighted by molar-refractivity contribution is 14.1. The van der Waals surface area contributed by atoms with Crippen molar-refractivity contribution in [3.8, 4) is 22.8 Å². The fraction of sp³-hybridized carbons (Fsp3) is 0. The molecule has 0 amide bonds. The van der Waals surface area contributed by atoms with Gasteiger partial charge in [0.2, 0.25) is 0 Å². The van der Waals surface area contributed by atoms with Crippen LogP contribution in [0.15, 0.2) is 84.9 Å². The van der Waals surface area contributed by atoms with Gasteiger partial charge in [-0.05, 0) is 21.5 Å². The number of halogens is 1. The zero-order valence-corrected chi connectivity index (χ0v) is 16.5. The van der Waals surface area contributed by atoms with Crippen LogP contribution in [0, 0.1) is 3.83 Å². The first-order valence-corrected chi connectivity index (χ1v) is 9.75. The second kappa shape index (κ2) is 6.70. The highest BCUT2D eigenvalue weighted by Crippen LogP contribution is 2.30. The van der Waals surface area contributed by atoms with E-state index in [1.54, 1.807) is 0 Å². The average Bonchev–Trinajstić information content (AvgIpc) is 2.72. The predicted molar refractivity (Wildman–Crippen MR) is 118 cm³/mol. The van der Waals surface area contributed by atoms with Crippen molar-refractivity contribution in [3.63, 3.8) is 0 Å². The van der Waals surface area contributed by atoms with E-state index in [-0.39, 0.29) is 0 Å². The number of rotatable bonds is 2. The standard InChI is InChI=1S/C23H14IN3/c24-23-26-21(19-13-5-9-15-7-1-3-11-17(15)19)25-22(27-23)20-14-6-10-16-8-2-4-12-18(16)20/h1-14H. The molecule has 0 bridgehead atoms. The van der Waals surface area contributed by atoms with E-state index in [1.165, 1.54) is 10.8 Å². The summed E-state index contributed by atoms with van der Waals surface area (Å²) in [6.07, 6.45) is 0. The Morgan fingerprint density at radius 2 is 0.926 bits per heavy atom. The third-order valence-electron chi connectivity index (χ3n) is 4.67. The van der Waals surface area contributed by atoms with Gasteiger partial charge < -0.3 is 0 Å². The molecule has 0 atom stereocenters. The van der Waals surface area contributed by atoms with Crippen LogP contribution in [0.5, 0.6) is 0 Å². The van der Waals surface area contributed by atoms with E-state index in [0.717, 1.165) is 21.9 Å². The quantitative estimate of drug-likeness (QED) is 0.299. The number of nitrogens with zero attached hydrogens (tertiary/aromatic N) is 3. The minimum absolute atomic E-state index is 0.688. The van der Waals surface area contributed by atoms with Gasteiger partial charge >= 0.3 is 0 Å². The topological polar surface area (TPSA) is 38.7 Å². The van der Waals surface area contributed by atoms with Crippen LogP contribution in [-0.4, -0.2) is 15.0 Å². The van der Waals surface area contributed by atoms with Crippen LogP contribution in [0.3, 0.4) is 0 Å². The maximum atomic E-state index is 4.85. The predicted octanol–water partition coefficient (Wildman–Crippen LogP) is 6.12. The number of aromatic nitrogens is 3. The number of hydrogen-bond donors (Lipinski definition) is 0. The molecular weight excluding hydrogens is 445 g/mol. The van der Waals surface area contributed by atoms with Gasteiger partial charge in [-0.1, -0.05) is 84.9 Å². The molecule has 0 fully saturated rings. The first-order chi connectivity index (χ1) is 13.3. The van der Waals surface area contributed by atoms with E-state index in [0.29, 0.717) is 15.5 Å². The molecule has 0 saturated heterocycles. The van der Waals surface area contributed by atoms with Gasteiger partial charge in [0.25, 0.3) is 0 Å². The molecule has 5 aromatic rings. The molecule has 0 aliphatic rings. The summed E-state index contributed by atoms with van der Waals surface area (Å²) in [7, 11) is 0. The Bertz CT molecular complexity index is 1190. The van der Waals surface area contributed by atoms with Gasteiger partial charge in [-0.3, -0.25) is 0 Å². The summed E-state index contributed by atoms with van der Waals surface area (Å²) >= 11 is 2.17. The SMILES string of the molecule is Ic1nc(-c2cccc3ccccc23)nc(-c2cccc3ccccc23)n1. The maximum Gasteiger partial charge on any atom is 0.194 e. The van der Waals surface area contributed by atoms with E-state index in [1.807, 2.05) is 36.4 Å². The summed E-state index contributed by atoms with van der Waals surface area (Å²) in [6, 6.07) is 29.1. The number of hydrogen-bond acceptors (Lipinski definition) is 3. The molecule has 0 aliphatic heterocycles. The molecule has 128 valence electrons. The summed E-state index contributed by atoms with van der Waals surface area (Å²) < 4.78 is 0.688. The zero-order valence-electron chi connectivity index (χ0n) is 14.3. The van der Waals surface area contributed by atoms with Gasteiger partial charge in [0.05, 0.1) is 0 Å². The zero-order chi connectivity index (χ0) is 18.2. The fourth-order valence-electron chi connectivity index (χ4n) is 3.43. The van der Waals surface area contributed by atoms with Gasteiger partial charge in [-0.25, -0.2) is 15.0 Å². The van der Waals surface area contributed by atoms with E-state index in [9.17, 15) is 0 Å². The first-order valence-electron chi connectivity index (χ1n) is 8.67. The lowest BCUT2D eigenvalue weighted by molar-refractivity contribution is 1.03. The molecule has 27 heavy (non-hydrogen) atoms. The minimum Gasteiger partial charge on any atom is -0.208 e. The summed E-state index contributed by atoms with van der Waals surface area (Å²) in [5.41, 5.74) is 2.05. The molecule has 0 aliphatic carbocycles. The average molecular weight is 459 g/mol. The smallest absolute Gasteiger partial charge is 0.194 e. The number of benzene rings is 4. The van der Waals surface area contributed by atoms with Gasteiger partial charge in [-0.2, -0.15) is 0 Å². The van der Waals surface area contributed by atoms with E-state index >= 15 is 0 Å². The van der Waals surface area contributed by atoms with E-state index < -0.39 is 0 Å². The van der Waals surface area contributed by atoms with Crippen molar-refractivity contribution in [2.24, 2.45) is 0 Å². The van der Waals surface area contributed by atoms with Crippen molar-refractivity contribution >= 4 is 44.1 Å². The molecule has 3 nitrogen and oxygen atoms in total. The van der Waals surface area contributed by atoms with Crippen LogP contribution in [0.1, 0.15) is 0 Å². The Morgan fingerprint density at radius 3 is 1.44 bits per heavy atom. The molecule has 0 saturated carbocycles. The molecular formula is C23H14IN3. The van der Waals surface area contributed by atoms with Crippen molar-refractivity contribution in [1.82, 2.24) is 15.0 Å². The third-order valence-corrected chi connectivity index (χ3v) is 5.15. The van der Waals surface area contributed by atoms with E-state index in [2.05, 4.69) is 81.1 Å². The Labute approximate surface area is 170 Å². The van der Waals surface area contributed by atoms with Crippen molar-refractivity contribution in [1.29, 1.82) is 0 Å². The summed E-state index contributed by atoms with van der Waals surface area (Å²) in [5, 5.41) is 4.64. The van der Waals surface area contributed by atoms with Crippen LogP contribution in [0.2, 0.25) is 0 Å². The molecule has 0 spiro atoms. The Kier molecular flexibility index (Phi) is 4.05. The second-order valence-electron chi connectivity index (χ2n) is 6.31. The summed E-state index contributed by atoms with van der Waals surface area (Å²) in [4.78, 5) is 14.1. The van der Waals surface area contributed by atoms with Gasteiger partial charge in [0.1, 0.15) is 0 Å². The molecule has 4 heteroatoms. The Morgan fingerprint density at radius 1 is 0.481 bits per heavy atom. The van der Waals surface area contributed by atoms with Gasteiger partial charge in [0.15, 0.2) is 15.5 Å². The minimum atomic E-state index is 0.688. The first kappa shape index (κ1) is 16.3. The molecule has 4 aromatic carbocycles. The summed E-state index contributed by atoms with van der Waals surface area (Å²) in [6.45, 7) is 0. The second-order valence-corrected chi connectivity index (χ2v) is 7.27. The van der Waals surface area contributed by atoms with Crippen LogP contribution in [0.4, 0.5) is 0 Å². The Hall–Kier alpha value is -2.86. The molecule has 1 aromatic heterocycles. The van der Waals surface area contributed by atoms with Crippen molar-refractivity contribution < 1.29 is 0 Å².